The Balaban J connectivity index is 2.24. The molecule has 0 spiro atoms. The van der Waals surface area contributed by atoms with Crippen LogP contribution in [-0.2, 0) is 6.42 Å². The fraction of sp³-hybridized carbons (Fsp3) is 0.312. The van der Waals surface area contributed by atoms with E-state index in [1.54, 1.807) is 0 Å². The van der Waals surface area contributed by atoms with Gasteiger partial charge in [-0.2, -0.15) is 0 Å². The zero-order valence-corrected chi connectivity index (χ0v) is 13.2. The average molecular weight is 319 g/mol. The molecule has 3 heteroatoms. The van der Waals surface area contributed by atoms with Crippen molar-refractivity contribution in [1.29, 1.82) is 0 Å². The Bertz CT molecular complexity index is 566. The smallest absolute Gasteiger partial charge is 0.0718 e. The van der Waals surface area contributed by atoms with Gasteiger partial charge in [0.15, 0.2) is 0 Å². The molecule has 2 aromatic rings. The van der Waals surface area contributed by atoms with Crippen molar-refractivity contribution in [2.24, 2.45) is 0 Å². The van der Waals surface area contributed by atoms with Gasteiger partial charge in [0.1, 0.15) is 0 Å². The molecule has 1 unspecified atom stereocenters. The number of halogens is 1. The number of benzene rings is 1. The first-order chi connectivity index (χ1) is 9.11. The van der Waals surface area contributed by atoms with E-state index in [2.05, 4.69) is 58.3 Å². The molecule has 2 rings (SSSR count). The zero-order chi connectivity index (χ0) is 13.8. The highest BCUT2D eigenvalue weighted by Gasteiger charge is 2.14. The van der Waals surface area contributed by atoms with Crippen molar-refractivity contribution in [3.05, 3.63) is 63.4 Å². The van der Waals surface area contributed by atoms with Gasteiger partial charge in [-0.3, -0.25) is 4.98 Å². The van der Waals surface area contributed by atoms with Crippen LogP contribution in [0.5, 0.6) is 0 Å². The van der Waals surface area contributed by atoms with Crippen LogP contribution in [0.25, 0.3) is 0 Å². The molecule has 1 N–H and O–H groups in total. The number of nitrogens with zero attached hydrogens (tertiary/aromatic N) is 1. The molecule has 0 saturated heterocycles. The largest absolute Gasteiger partial charge is 0.311 e. The first-order valence-corrected chi connectivity index (χ1v) is 7.25. The summed E-state index contributed by atoms with van der Waals surface area (Å²) < 4.78 is 1.05. The number of pyridine rings is 1. The lowest BCUT2D eigenvalue weighted by Gasteiger charge is -2.17. The summed E-state index contributed by atoms with van der Waals surface area (Å²) in [6.45, 7) is 4.30. The van der Waals surface area contributed by atoms with Crippen molar-refractivity contribution < 1.29 is 0 Å². The molecule has 2 nitrogen and oxygen atoms in total. The normalized spacial score (nSPS) is 12.4. The fourth-order valence-electron chi connectivity index (χ4n) is 2.16. The van der Waals surface area contributed by atoms with Crippen LogP contribution >= 0.6 is 15.9 Å². The summed E-state index contributed by atoms with van der Waals surface area (Å²) in [6, 6.07) is 10.8. The summed E-state index contributed by atoms with van der Waals surface area (Å²) >= 11 is 3.57. The molecule has 0 radical (unpaired) electrons. The van der Waals surface area contributed by atoms with Gasteiger partial charge in [-0.25, -0.2) is 0 Å². The summed E-state index contributed by atoms with van der Waals surface area (Å²) in [4.78, 5) is 4.48. The summed E-state index contributed by atoms with van der Waals surface area (Å²) in [6.07, 6.45) is 2.78. The van der Waals surface area contributed by atoms with Crippen molar-refractivity contribution >= 4 is 15.9 Å². The molecule has 100 valence electrons. The molecular weight excluding hydrogens is 300 g/mol. The summed E-state index contributed by atoms with van der Waals surface area (Å²) in [7, 11) is 1.98. The third kappa shape index (κ3) is 3.43. The second kappa shape index (κ2) is 6.31. The first-order valence-electron chi connectivity index (χ1n) is 6.45. The molecule has 0 aliphatic rings. The van der Waals surface area contributed by atoms with Gasteiger partial charge >= 0.3 is 0 Å². The number of nitrogens with one attached hydrogen (secondary N) is 1. The maximum Gasteiger partial charge on any atom is 0.0718 e. The van der Waals surface area contributed by atoms with Crippen LogP contribution in [0, 0.1) is 13.8 Å². The van der Waals surface area contributed by atoms with Crippen LogP contribution in [0.15, 0.2) is 41.0 Å². The predicted molar refractivity (Wildman–Crippen MR) is 83.4 cm³/mol. The molecule has 1 aromatic heterocycles. The lowest BCUT2D eigenvalue weighted by Crippen LogP contribution is -2.20. The van der Waals surface area contributed by atoms with Crippen molar-refractivity contribution in [2.75, 3.05) is 7.05 Å². The van der Waals surface area contributed by atoms with Crippen LogP contribution in [0.3, 0.4) is 0 Å². The molecule has 0 bridgehead atoms. The van der Waals surface area contributed by atoms with E-state index >= 15 is 0 Å². The van der Waals surface area contributed by atoms with Crippen molar-refractivity contribution in [3.8, 4) is 0 Å². The van der Waals surface area contributed by atoms with Crippen molar-refractivity contribution in [3.63, 3.8) is 0 Å². The highest BCUT2D eigenvalue weighted by atomic mass is 79.9. The minimum Gasteiger partial charge on any atom is -0.311 e. The van der Waals surface area contributed by atoms with Crippen LogP contribution in [0.2, 0.25) is 0 Å². The van der Waals surface area contributed by atoms with Crippen molar-refractivity contribution in [1.82, 2.24) is 10.3 Å². The number of aryl methyl sites for hydroxylation is 2. The Morgan fingerprint density at radius 2 is 2.00 bits per heavy atom. The number of hydrogen-bond acceptors (Lipinski definition) is 2. The molecule has 19 heavy (non-hydrogen) atoms. The number of rotatable bonds is 4. The van der Waals surface area contributed by atoms with E-state index in [0.29, 0.717) is 0 Å². The number of aromatic nitrogens is 1. The van der Waals surface area contributed by atoms with Gasteiger partial charge in [0.2, 0.25) is 0 Å². The van der Waals surface area contributed by atoms with Crippen LogP contribution in [0.4, 0.5) is 0 Å². The van der Waals surface area contributed by atoms with Gasteiger partial charge < -0.3 is 5.32 Å². The highest BCUT2D eigenvalue weighted by molar-refractivity contribution is 9.10. The Morgan fingerprint density at radius 3 is 2.63 bits per heavy atom. The van der Waals surface area contributed by atoms with Gasteiger partial charge in [-0.1, -0.05) is 18.2 Å². The summed E-state index contributed by atoms with van der Waals surface area (Å²) in [5, 5.41) is 3.35. The number of likely N-dealkylation sites (N-methyl/N-ethyl adjacent to an activating group) is 1. The Hall–Kier alpha value is -1.19. The van der Waals surface area contributed by atoms with E-state index in [9.17, 15) is 0 Å². The second-order valence-corrected chi connectivity index (χ2v) is 5.69. The lowest BCUT2D eigenvalue weighted by atomic mass is 9.99. The van der Waals surface area contributed by atoms with Crippen molar-refractivity contribution in [2.45, 2.75) is 26.3 Å². The molecule has 0 saturated carbocycles. The molecule has 0 fully saturated rings. The Kier molecular flexibility index (Phi) is 4.72. The maximum atomic E-state index is 4.48. The third-order valence-electron chi connectivity index (χ3n) is 3.48. The van der Waals surface area contributed by atoms with Crippen LogP contribution in [0.1, 0.15) is 28.4 Å². The molecule has 0 aliphatic heterocycles. The molecule has 0 aliphatic carbocycles. The van der Waals surface area contributed by atoms with E-state index in [1.165, 1.54) is 16.7 Å². The summed E-state index contributed by atoms with van der Waals surface area (Å²) in [5.74, 6) is 0. The standard InChI is InChI=1S/C16H19BrN2/c1-11-6-7-13(9-12(11)2)10-15(18-3)16-14(17)5-4-8-19-16/h4-9,15,18H,10H2,1-3H3. The summed E-state index contributed by atoms with van der Waals surface area (Å²) in [5.41, 5.74) is 5.07. The molecule has 1 heterocycles. The molecule has 0 amide bonds. The predicted octanol–water partition coefficient (Wildman–Crippen LogP) is 3.96. The zero-order valence-electron chi connectivity index (χ0n) is 11.6. The highest BCUT2D eigenvalue weighted by Crippen LogP contribution is 2.24. The van der Waals surface area contributed by atoms with E-state index in [-0.39, 0.29) is 6.04 Å². The van der Waals surface area contributed by atoms with E-state index < -0.39 is 0 Å². The lowest BCUT2D eigenvalue weighted by molar-refractivity contribution is 0.573. The minimum atomic E-state index is 0.220. The van der Waals surface area contributed by atoms with Crippen LogP contribution < -0.4 is 5.32 Å². The monoisotopic (exact) mass is 318 g/mol. The van der Waals surface area contributed by atoms with Crippen LogP contribution in [-0.4, -0.2) is 12.0 Å². The van der Waals surface area contributed by atoms with E-state index in [1.807, 2.05) is 25.4 Å². The van der Waals surface area contributed by atoms with Gasteiger partial charge in [0.25, 0.3) is 0 Å². The molecule has 1 atom stereocenters. The number of hydrogen-bond donors (Lipinski definition) is 1. The Labute approximate surface area is 123 Å². The SMILES string of the molecule is CNC(Cc1ccc(C)c(C)c1)c1ncccc1Br. The minimum absolute atomic E-state index is 0.220. The second-order valence-electron chi connectivity index (χ2n) is 4.83. The topological polar surface area (TPSA) is 24.9 Å². The molecule has 1 aromatic carbocycles. The van der Waals surface area contributed by atoms with Gasteiger partial charge in [0.05, 0.1) is 11.7 Å². The first kappa shape index (κ1) is 14.2. The van der Waals surface area contributed by atoms with Gasteiger partial charge in [0, 0.05) is 10.7 Å². The quantitative estimate of drug-likeness (QED) is 0.922. The van der Waals surface area contributed by atoms with Gasteiger partial charge in [-0.05, 0) is 72.1 Å². The Morgan fingerprint density at radius 1 is 1.21 bits per heavy atom. The fourth-order valence-corrected chi connectivity index (χ4v) is 2.69. The molecular formula is C16H19BrN2. The maximum absolute atomic E-state index is 4.48. The third-order valence-corrected chi connectivity index (χ3v) is 4.15. The van der Waals surface area contributed by atoms with Gasteiger partial charge in [-0.15, -0.1) is 0 Å². The van der Waals surface area contributed by atoms with E-state index in [4.69, 9.17) is 0 Å². The van der Waals surface area contributed by atoms with E-state index in [0.717, 1.165) is 16.6 Å². The average Bonchev–Trinajstić information content (AvgIpc) is 2.41.